The van der Waals surface area contributed by atoms with Crippen LogP contribution in [-0.2, 0) is 0 Å². The van der Waals surface area contributed by atoms with E-state index in [9.17, 15) is 5.11 Å². The summed E-state index contributed by atoms with van der Waals surface area (Å²) in [6, 6.07) is 4.73. The number of nitrogens with zero attached hydrogens (tertiary/aromatic N) is 2. The number of anilines is 2. The molecule has 0 spiro atoms. The van der Waals surface area contributed by atoms with Gasteiger partial charge in [0, 0.05) is 12.1 Å². The van der Waals surface area contributed by atoms with Crippen molar-refractivity contribution in [2.75, 3.05) is 23.1 Å². The minimum atomic E-state index is 0.287. The highest BCUT2D eigenvalue weighted by Gasteiger charge is 2.33. The zero-order valence-corrected chi connectivity index (χ0v) is 15.3. The van der Waals surface area contributed by atoms with Gasteiger partial charge >= 0.3 is 0 Å². The average molecular weight is 320 g/mol. The van der Waals surface area contributed by atoms with Gasteiger partial charge in [0.25, 0.3) is 0 Å². The van der Waals surface area contributed by atoms with Crippen molar-refractivity contribution in [1.82, 2.24) is 0 Å². The van der Waals surface area contributed by atoms with Crippen molar-refractivity contribution in [3.05, 3.63) is 12.1 Å². The van der Waals surface area contributed by atoms with E-state index in [0.29, 0.717) is 24.4 Å². The Balaban J connectivity index is 2.18. The quantitative estimate of drug-likeness (QED) is 0.701. The van der Waals surface area contributed by atoms with Gasteiger partial charge in [0.1, 0.15) is 5.69 Å². The Morgan fingerprint density at radius 1 is 1.04 bits per heavy atom. The van der Waals surface area contributed by atoms with E-state index in [0.717, 1.165) is 24.5 Å². The van der Waals surface area contributed by atoms with E-state index in [2.05, 4.69) is 50.5 Å². The molecule has 0 fully saturated rings. The molecular formula is C19H32N2O2. The average Bonchev–Trinajstić information content (AvgIpc) is 2.90. The third-order valence-electron chi connectivity index (χ3n) is 4.50. The van der Waals surface area contributed by atoms with Gasteiger partial charge in [0.05, 0.1) is 19.0 Å². The second kappa shape index (κ2) is 7.80. The fourth-order valence-corrected chi connectivity index (χ4v) is 3.07. The molecule has 0 aliphatic carbocycles. The summed E-state index contributed by atoms with van der Waals surface area (Å²) in [6.45, 7) is 12.4. The molecule has 2 rings (SSSR count). The standard InChI is InChI=1S/C19H32N2O2/c1-6-7-8-9-12-23-17-11-10-16-18(19(17)22)21(15(4)5)13-20(16)14(2)3/h10-11,14-15,22H,6-9,12-13H2,1-5H3. The van der Waals surface area contributed by atoms with Crippen LogP contribution in [0.4, 0.5) is 11.4 Å². The Morgan fingerprint density at radius 2 is 1.74 bits per heavy atom. The highest BCUT2D eigenvalue weighted by Crippen LogP contribution is 2.48. The van der Waals surface area contributed by atoms with Crippen LogP contribution in [0.1, 0.15) is 60.3 Å². The number of hydrogen-bond acceptors (Lipinski definition) is 4. The van der Waals surface area contributed by atoms with Gasteiger partial charge in [-0.25, -0.2) is 0 Å². The van der Waals surface area contributed by atoms with Gasteiger partial charge in [-0.15, -0.1) is 0 Å². The van der Waals surface area contributed by atoms with E-state index in [4.69, 9.17) is 4.74 Å². The predicted octanol–water partition coefficient (Wildman–Crippen LogP) is 4.75. The van der Waals surface area contributed by atoms with E-state index in [1.54, 1.807) is 0 Å². The topological polar surface area (TPSA) is 35.9 Å². The molecule has 0 atom stereocenters. The minimum absolute atomic E-state index is 0.287. The maximum Gasteiger partial charge on any atom is 0.183 e. The molecular weight excluding hydrogens is 288 g/mol. The first-order valence-electron chi connectivity index (χ1n) is 8.99. The lowest BCUT2D eigenvalue weighted by Crippen LogP contribution is -2.38. The number of ether oxygens (including phenoxy) is 1. The predicted molar refractivity (Wildman–Crippen MR) is 97.8 cm³/mol. The third kappa shape index (κ3) is 3.85. The van der Waals surface area contributed by atoms with E-state index >= 15 is 0 Å². The van der Waals surface area contributed by atoms with Crippen molar-refractivity contribution in [2.24, 2.45) is 0 Å². The molecule has 1 heterocycles. The van der Waals surface area contributed by atoms with Gasteiger partial charge in [-0.05, 0) is 46.2 Å². The van der Waals surface area contributed by atoms with Crippen molar-refractivity contribution in [3.8, 4) is 11.5 Å². The molecule has 1 aliphatic heterocycles. The largest absolute Gasteiger partial charge is 0.503 e. The summed E-state index contributed by atoms with van der Waals surface area (Å²) in [6.07, 6.45) is 4.68. The van der Waals surface area contributed by atoms with Crippen molar-refractivity contribution in [1.29, 1.82) is 0 Å². The maximum absolute atomic E-state index is 10.7. The van der Waals surface area contributed by atoms with Crippen molar-refractivity contribution >= 4 is 11.4 Å². The zero-order valence-electron chi connectivity index (χ0n) is 15.3. The molecule has 4 nitrogen and oxygen atoms in total. The third-order valence-corrected chi connectivity index (χ3v) is 4.50. The number of rotatable bonds is 8. The number of fused-ring (bicyclic) bond motifs is 1. The van der Waals surface area contributed by atoms with Crippen LogP contribution in [0.5, 0.6) is 11.5 Å². The summed E-state index contributed by atoms with van der Waals surface area (Å²) in [5, 5.41) is 10.7. The van der Waals surface area contributed by atoms with Gasteiger partial charge < -0.3 is 19.6 Å². The molecule has 0 aromatic heterocycles. The number of phenols is 1. The molecule has 0 bridgehead atoms. The smallest absolute Gasteiger partial charge is 0.183 e. The number of hydrogen-bond donors (Lipinski definition) is 1. The summed E-state index contributed by atoms with van der Waals surface area (Å²) in [4.78, 5) is 4.56. The van der Waals surface area contributed by atoms with Gasteiger partial charge in [-0.3, -0.25) is 0 Å². The summed E-state index contributed by atoms with van der Waals surface area (Å²) in [5.41, 5.74) is 2.02. The van der Waals surface area contributed by atoms with Crippen LogP contribution in [-0.4, -0.2) is 30.5 Å². The molecule has 4 heteroatoms. The summed E-state index contributed by atoms with van der Waals surface area (Å²) in [5.74, 6) is 0.895. The van der Waals surface area contributed by atoms with Crippen LogP contribution in [0.25, 0.3) is 0 Å². The zero-order chi connectivity index (χ0) is 17.0. The molecule has 0 unspecified atom stereocenters. The van der Waals surface area contributed by atoms with E-state index in [-0.39, 0.29) is 5.75 Å². The Bertz CT molecular complexity index is 514. The molecule has 0 saturated carbocycles. The first-order chi connectivity index (χ1) is 11.0. The van der Waals surface area contributed by atoms with Gasteiger partial charge in [0.15, 0.2) is 11.5 Å². The van der Waals surface area contributed by atoms with Gasteiger partial charge in [-0.2, -0.15) is 0 Å². The molecule has 23 heavy (non-hydrogen) atoms. The van der Waals surface area contributed by atoms with Crippen LogP contribution < -0.4 is 14.5 Å². The second-order valence-corrected chi connectivity index (χ2v) is 6.96. The van der Waals surface area contributed by atoms with Crippen molar-refractivity contribution < 1.29 is 9.84 Å². The lowest BCUT2D eigenvalue weighted by Gasteiger charge is -2.27. The fourth-order valence-electron chi connectivity index (χ4n) is 3.07. The number of phenolic OH excluding ortho intramolecular Hbond substituents is 1. The first-order valence-corrected chi connectivity index (χ1v) is 8.99. The van der Waals surface area contributed by atoms with Gasteiger partial charge in [-0.1, -0.05) is 26.2 Å². The van der Waals surface area contributed by atoms with E-state index in [1.165, 1.54) is 19.3 Å². The highest BCUT2D eigenvalue weighted by molar-refractivity contribution is 5.84. The van der Waals surface area contributed by atoms with E-state index in [1.807, 2.05) is 6.07 Å². The summed E-state index contributed by atoms with van der Waals surface area (Å²) in [7, 11) is 0. The summed E-state index contributed by atoms with van der Waals surface area (Å²) >= 11 is 0. The maximum atomic E-state index is 10.7. The monoisotopic (exact) mass is 320 g/mol. The normalized spacial score (nSPS) is 14.0. The Morgan fingerprint density at radius 3 is 2.35 bits per heavy atom. The SMILES string of the molecule is CCCCCCOc1ccc2c(c1O)N(C(C)C)CN2C(C)C. The molecule has 1 N–H and O–H groups in total. The molecule has 1 aliphatic rings. The Hall–Kier alpha value is -1.58. The van der Waals surface area contributed by atoms with Gasteiger partial charge in [0.2, 0.25) is 0 Å². The summed E-state index contributed by atoms with van der Waals surface area (Å²) < 4.78 is 5.84. The van der Waals surface area contributed by atoms with Crippen molar-refractivity contribution in [3.63, 3.8) is 0 Å². The Kier molecular flexibility index (Phi) is 6.03. The van der Waals surface area contributed by atoms with Crippen LogP contribution in [0.15, 0.2) is 12.1 Å². The van der Waals surface area contributed by atoms with Crippen LogP contribution in [0.2, 0.25) is 0 Å². The van der Waals surface area contributed by atoms with Crippen LogP contribution in [0.3, 0.4) is 0 Å². The number of benzene rings is 1. The molecule has 0 radical (unpaired) electrons. The van der Waals surface area contributed by atoms with Crippen LogP contribution >= 0.6 is 0 Å². The molecule has 0 amide bonds. The first kappa shape index (κ1) is 17.8. The Labute approximate surface area is 141 Å². The van der Waals surface area contributed by atoms with Crippen LogP contribution in [0, 0.1) is 0 Å². The fraction of sp³-hybridized carbons (Fsp3) is 0.684. The highest BCUT2D eigenvalue weighted by atomic mass is 16.5. The lowest BCUT2D eigenvalue weighted by molar-refractivity contribution is 0.289. The number of unbranched alkanes of at least 4 members (excludes halogenated alkanes) is 3. The van der Waals surface area contributed by atoms with E-state index < -0.39 is 0 Å². The van der Waals surface area contributed by atoms with Crippen molar-refractivity contribution in [2.45, 2.75) is 72.4 Å². The lowest BCUT2D eigenvalue weighted by atomic mass is 10.2. The molecule has 130 valence electrons. The molecule has 0 saturated heterocycles. The second-order valence-electron chi connectivity index (χ2n) is 6.96. The minimum Gasteiger partial charge on any atom is -0.503 e. The number of aromatic hydroxyl groups is 1. The molecule has 1 aromatic rings. The molecule has 1 aromatic carbocycles.